The van der Waals surface area contributed by atoms with Crippen molar-refractivity contribution in [3.8, 4) is 5.75 Å². The summed E-state index contributed by atoms with van der Waals surface area (Å²) in [5, 5.41) is 12.8. The summed E-state index contributed by atoms with van der Waals surface area (Å²) in [4.78, 5) is 16.5. The van der Waals surface area contributed by atoms with Gasteiger partial charge >= 0.3 is 0 Å². The van der Waals surface area contributed by atoms with E-state index in [1.807, 2.05) is 19.1 Å². The number of aromatic hydroxyl groups is 1. The predicted octanol–water partition coefficient (Wildman–Crippen LogP) is 4.84. The van der Waals surface area contributed by atoms with Crippen molar-refractivity contribution in [1.29, 1.82) is 0 Å². The van der Waals surface area contributed by atoms with E-state index in [0.29, 0.717) is 22.5 Å². The van der Waals surface area contributed by atoms with Gasteiger partial charge in [-0.1, -0.05) is 18.2 Å². The van der Waals surface area contributed by atoms with E-state index in [1.54, 1.807) is 36.5 Å². The van der Waals surface area contributed by atoms with Crippen molar-refractivity contribution in [2.75, 3.05) is 5.32 Å². The third kappa shape index (κ3) is 4.13. The summed E-state index contributed by atoms with van der Waals surface area (Å²) >= 11 is 0. The van der Waals surface area contributed by atoms with Gasteiger partial charge in [0.05, 0.1) is 5.69 Å². The summed E-state index contributed by atoms with van der Waals surface area (Å²) in [7, 11) is 0. The van der Waals surface area contributed by atoms with Crippen molar-refractivity contribution in [2.45, 2.75) is 6.92 Å². The number of aryl methyl sites for hydroxylation is 1. The Kier molecular flexibility index (Phi) is 5.08. The SMILES string of the molecule is Cc1cccc(C=Nc2cccc(NC(=O)c3ccc(F)cc3)c2)c1O. The summed E-state index contributed by atoms with van der Waals surface area (Å²) in [6.07, 6.45) is 1.57. The lowest BCUT2D eigenvalue weighted by molar-refractivity contribution is 0.102. The number of anilines is 1. The average molecular weight is 348 g/mol. The number of phenols is 1. The molecule has 26 heavy (non-hydrogen) atoms. The number of benzene rings is 3. The van der Waals surface area contributed by atoms with E-state index in [1.165, 1.54) is 24.3 Å². The Morgan fingerprint density at radius 2 is 1.81 bits per heavy atom. The van der Waals surface area contributed by atoms with Crippen LogP contribution in [0.3, 0.4) is 0 Å². The van der Waals surface area contributed by atoms with Gasteiger partial charge in [-0.2, -0.15) is 0 Å². The predicted molar refractivity (Wildman–Crippen MR) is 101 cm³/mol. The van der Waals surface area contributed by atoms with Crippen molar-refractivity contribution in [2.24, 2.45) is 4.99 Å². The van der Waals surface area contributed by atoms with Gasteiger partial charge in [-0.15, -0.1) is 0 Å². The molecule has 0 fully saturated rings. The van der Waals surface area contributed by atoms with E-state index < -0.39 is 5.82 Å². The third-order valence-corrected chi connectivity index (χ3v) is 3.83. The van der Waals surface area contributed by atoms with Crippen LogP contribution in [0.25, 0.3) is 0 Å². The van der Waals surface area contributed by atoms with Crippen LogP contribution in [0.2, 0.25) is 0 Å². The number of carbonyl (C=O) groups excluding carboxylic acids is 1. The molecular weight excluding hydrogens is 331 g/mol. The van der Waals surface area contributed by atoms with Crippen LogP contribution >= 0.6 is 0 Å². The Morgan fingerprint density at radius 1 is 1.08 bits per heavy atom. The lowest BCUT2D eigenvalue weighted by atomic mass is 10.1. The second-order valence-electron chi connectivity index (χ2n) is 5.78. The molecule has 0 aliphatic rings. The molecule has 2 N–H and O–H groups in total. The summed E-state index contributed by atoms with van der Waals surface area (Å²) in [5.41, 5.74) is 2.95. The first-order valence-electron chi connectivity index (χ1n) is 8.02. The molecule has 3 rings (SSSR count). The zero-order valence-electron chi connectivity index (χ0n) is 14.1. The van der Waals surface area contributed by atoms with Crippen molar-refractivity contribution in [3.05, 3.63) is 89.2 Å². The summed E-state index contributed by atoms with van der Waals surface area (Å²) in [6.45, 7) is 1.82. The van der Waals surface area contributed by atoms with Gasteiger partial charge in [0.15, 0.2) is 0 Å². The molecule has 0 aromatic heterocycles. The molecule has 130 valence electrons. The normalized spacial score (nSPS) is 10.8. The molecule has 1 amide bonds. The molecule has 3 aromatic rings. The van der Waals surface area contributed by atoms with Crippen molar-refractivity contribution >= 4 is 23.5 Å². The van der Waals surface area contributed by atoms with Crippen molar-refractivity contribution in [1.82, 2.24) is 0 Å². The summed E-state index contributed by atoms with van der Waals surface area (Å²) in [6, 6.07) is 17.8. The van der Waals surface area contributed by atoms with Crippen molar-refractivity contribution < 1.29 is 14.3 Å². The number of carbonyl (C=O) groups is 1. The van der Waals surface area contributed by atoms with Crippen LogP contribution in [0.4, 0.5) is 15.8 Å². The highest BCUT2D eigenvalue weighted by molar-refractivity contribution is 6.04. The minimum Gasteiger partial charge on any atom is -0.507 e. The molecule has 0 saturated carbocycles. The Hall–Kier alpha value is -3.47. The average Bonchev–Trinajstić information content (AvgIpc) is 2.64. The fourth-order valence-electron chi connectivity index (χ4n) is 2.40. The Labute approximate surface area is 150 Å². The quantitative estimate of drug-likeness (QED) is 0.663. The van der Waals surface area contributed by atoms with Gasteiger partial charge in [-0.3, -0.25) is 9.79 Å². The first-order valence-corrected chi connectivity index (χ1v) is 8.02. The second kappa shape index (κ2) is 7.61. The van der Waals surface area contributed by atoms with E-state index in [2.05, 4.69) is 10.3 Å². The third-order valence-electron chi connectivity index (χ3n) is 3.83. The number of amides is 1. The maximum absolute atomic E-state index is 12.9. The smallest absolute Gasteiger partial charge is 0.255 e. The number of aliphatic imine (C=N–C) groups is 1. The molecule has 0 atom stereocenters. The number of para-hydroxylation sites is 1. The molecule has 0 aliphatic heterocycles. The highest BCUT2D eigenvalue weighted by Crippen LogP contribution is 2.22. The van der Waals surface area contributed by atoms with E-state index in [0.717, 1.165) is 5.56 Å². The molecule has 0 aliphatic carbocycles. The van der Waals surface area contributed by atoms with Gasteiger partial charge < -0.3 is 10.4 Å². The largest absolute Gasteiger partial charge is 0.507 e. The summed E-state index contributed by atoms with van der Waals surface area (Å²) in [5.74, 6) is -0.531. The molecular formula is C21H17FN2O2. The van der Waals surface area contributed by atoms with Crippen LogP contribution in [0, 0.1) is 12.7 Å². The van der Waals surface area contributed by atoms with Gasteiger partial charge in [-0.25, -0.2) is 4.39 Å². The molecule has 4 nitrogen and oxygen atoms in total. The van der Waals surface area contributed by atoms with Gasteiger partial charge in [0, 0.05) is 23.0 Å². The fourth-order valence-corrected chi connectivity index (χ4v) is 2.40. The van der Waals surface area contributed by atoms with E-state index in [9.17, 15) is 14.3 Å². The van der Waals surface area contributed by atoms with Gasteiger partial charge in [0.1, 0.15) is 11.6 Å². The monoisotopic (exact) mass is 348 g/mol. The van der Waals surface area contributed by atoms with Crippen LogP contribution in [0.1, 0.15) is 21.5 Å². The number of phenolic OH excluding ortho intramolecular Hbond substituents is 1. The Morgan fingerprint density at radius 3 is 2.58 bits per heavy atom. The highest BCUT2D eigenvalue weighted by atomic mass is 19.1. The molecule has 5 heteroatoms. The number of halogens is 1. The van der Waals surface area contributed by atoms with Crippen LogP contribution in [0.15, 0.2) is 71.7 Å². The lowest BCUT2D eigenvalue weighted by Crippen LogP contribution is -2.11. The van der Waals surface area contributed by atoms with E-state index >= 15 is 0 Å². The molecule has 0 radical (unpaired) electrons. The zero-order valence-corrected chi connectivity index (χ0v) is 14.1. The highest BCUT2D eigenvalue weighted by Gasteiger charge is 2.06. The number of rotatable bonds is 4. The fraction of sp³-hybridized carbons (Fsp3) is 0.0476. The minimum absolute atomic E-state index is 0.192. The molecule has 0 spiro atoms. The first kappa shape index (κ1) is 17.4. The lowest BCUT2D eigenvalue weighted by Gasteiger charge is -2.06. The molecule has 0 heterocycles. The number of hydrogen-bond acceptors (Lipinski definition) is 3. The molecule has 0 saturated heterocycles. The molecule has 3 aromatic carbocycles. The van der Waals surface area contributed by atoms with Gasteiger partial charge in [-0.05, 0) is 61.0 Å². The standard InChI is InChI=1S/C21H17FN2O2/c1-14-4-2-5-16(20(14)25)13-23-18-6-3-7-19(12-18)24-21(26)15-8-10-17(22)11-9-15/h2-13,25H,1H3,(H,24,26). The maximum atomic E-state index is 12.9. The van der Waals surface area contributed by atoms with Gasteiger partial charge in [0.2, 0.25) is 0 Å². The number of hydrogen-bond donors (Lipinski definition) is 2. The van der Waals surface area contributed by atoms with E-state index in [4.69, 9.17) is 0 Å². The Balaban J connectivity index is 1.75. The van der Waals surface area contributed by atoms with Crippen LogP contribution in [-0.2, 0) is 0 Å². The second-order valence-corrected chi connectivity index (χ2v) is 5.78. The van der Waals surface area contributed by atoms with Crippen LogP contribution in [0.5, 0.6) is 5.75 Å². The molecule has 0 bridgehead atoms. The topological polar surface area (TPSA) is 61.7 Å². The Bertz CT molecular complexity index is 966. The van der Waals surface area contributed by atoms with Crippen molar-refractivity contribution in [3.63, 3.8) is 0 Å². The maximum Gasteiger partial charge on any atom is 0.255 e. The minimum atomic E-state index is -0.391. The number of nitrogens with zero attached hydrogens (tertiary/aromatic N) is 1. The number of nitrogens with one attached hydrogen (secondary N) is 1. The first-order chi connectivity index (χ1) is 12.5. The summed E-state index contributed by atoms with van der Waals surface area (Å²) < 4.78 is 12.9. The van der Waals surface area contributed by atoms with E-state index in [-0.39, 0.29) is 11.7 Å². The van der Waals surface area contributed by atoms with Crippen LogP contribution < -0.4 is 5.32 Å². The van der Waals surface area contributed by atoms with Gasteiger partial charge in [0.25, 0.3) is 5.91 Å². The van der Waals surface area contributed by atoms with Crippen LogP contribution in [-0.4, -0.2) is 17.2 Å². The zero-order chi connectivity index (χ0) is 18.5. The molecule has 0 unspecified atom stereocenters.